The molecule has 39 heavy (non-hydrogen) atoms. The molecular weight excluding hydrogens is 494 g/mol. The van der Waals surface area contributed by atoms with Crippen LogP contribution in [-0.2, 0) is 19.1 Å². The van der Waals surface area contributed by atoms with Crippen molar-refractivity contribution >= 4 is 29.2 Å². The van der Waals surface area contributed by atoms with E-state index in [1.807, 2.05) is 36.4 Å². The fourth-order valence-corrected chi connectivity index (χ4v) is 6.22. The normalized spacial score (nSPS) is 24.0. The van der Waals surface area contributed by atoms with Gasteiger partial charge in [0, 0.05) is 43.5 Å². The molecule has 1 aromatic rings. The Morgan fingerprint density at radius 1 is 1.00 bits per heavy atom. The predicted octanol–water partition coefficient (Wildman–Crippen LogP) is 4.63. The second kappa shape index (κ2) is 15.1. The molecule has 8 nitrogen and oxygen atoms in total. The third-order valence-electron chi connectivity index (χ3n) is 8.13. The van der Waals surface area contributed by atoms with Crippen LogP contribution in [0.2, 0.25) is 0 Å². The number of carbonyl (C=O) groups is 3. The number of rotatable bonds is 15. The van der Waals surface area contributed by atoms with Crippen LogP contribution in [0.1, 0.15) is 66.2 Å². The fraction of sp³-hybridized carbons (Fsp3) is 0.645. The van der Waals surface area contributed by atoms with Gasteiger partial charge in [-0.25, -0.2) is 0 Å². The van der Waals surface area contributed by atoms with Crippen LogP contribution < -0.4 is 10.2 Å². The number of unbranched alkanes of at least 4 members (excludes halogenated alkanes) is 3. The Morgan fingerprint density at radius 3 is 2.31 bits per heavy atom. The number of esters is 1. The Hall–Kier alpha value is -2.87. The molecule has 2 aliphatic rings. The van der Waals surface area contributed by atoms with Crippen molar-refractivity contribution in [2.75, 3.05) is 43.1 Å². The molecule has 8 heteroatoms. The summed E-state index contributed by atoms with van der Waals surface area (Å²) in [6, 6.07) is 7.09. The number of aliphatic hydroxyl groups is 1. The topological polar surface area (TPSA) is 99.2 Å². The Labute approximate surface area is 233 Å². The molecular formula is C31H47N3O5. The Balaban J connectivity index is 1.88. The number of carbonyl (C=O) groups excluding carboxylic acids is 3. The minimum Gasteiger partial charge on any atom is -0.466 e. The second-order valence-corrected chi connectivity index (χ2v) is 10.5. The zero-order valence-electron chi connectivity index (χ0n) is 24.1. The smallest absolute Gasteiger partial charge is 0.310 e. The van der Waals surface area contributed by atoms with Crippen molar-refractivity contribution in [2.45, 2.75) is 72.3 Å². The van der Waals surface area contributed by atoms with E-state index < -0.39 is 23.8 Å². The minimum atomic E-state index is -0.696. The number of anilines is 2. The number of nitrogens with one attached hydrogen (secondary N) is 1. The summed E-state index contributed by atoms with van der Waals surface area (Å²) >= 11 is 0. The zero-order valence-corrected chi connectivity index (χ0v) is 24.1. The molecule has 1 aliphatic carbocycles. The summed E-state index contributed by atoms with van der Waals surface area (Å²) in [5.74, 6) is -2.39. The molecule has 3 rings (SSSR count). The number of ether oxygens (including phenoxy) is 1. The van der Waals surface area contributed by atoms with Crippen molar-refractivity contribution < 1.29 is 24.2 Å². The first-order valence-electron chi connectivity index (χ1n) is 14.8. The van der Waals surface area contributed by atoms with Crippen LogP contribution in [0.3, 0.4) is 0 Å². The van der Waals surface area contributed by atoms with E-state index in [0.29, 0.717) is 12.2 Å². The number of benzene rings is 1. The molecule has 1 aliphatic heterocycles. The predicted molar refractivity (Wildman–Crippen MR) is 154 cm³/mol. The number of aliphatic hydroxyl groups excluding tert-OH is 1. The molecule has 1 fully saturated rings. The SMILES string of the molecule is CCC[C@@H]1C=C[C@H]2[C@@H](C(=O)N(CCCCCCO)[C@@H]2C(=O)Nc2ccc(N(CC)CC)cc2)[C@@H]1C(=O)OCC. The van der Waals surface area contributed by atoms with Crippen LogP contribution in [0, 0.1) is 23.7 Å². The molecule has 2 N–H and O–H groups in total. The van der Waals surface area contributed by atoms with Gasteiger partial charge in [0.2, 0.25) is 11.8 Å². The summed E-state index contributed by atoms with van der Waals surface area (Å²) < 4.78 is 5.44. The van der Waals surface area contributed by atoms with E-state index in [0.717, 1.165) is 57.3 Å². The van der Waals surface area contributed by atoms with E-state index in [2.05, 4.69) is 31.0 Å². The first-order chi connectivity index (χ1) is 18.9. The number of hydrogen-bond donors (Lipinski definition) is 2. The van der Waals surface area contributed by atoms with E-state index in [1.54, 1.807) is 11.8 Å². The fourth-order valence-electron chi connectivity index (χ4n) is 6.22. The van der Waals surface area contributed by atoms with Gasteiger partial charge < -0.3 is 25.0 Å². The van der Waals surface area contributed by atoms with E-state index in [-0.39, 0.29) is 36.9 Å². The second-order valence-electron chi connectivity index (χ2n) is 10.5. The molecule has 1 saturated heterocycles. The highest BCUT2D eigenvalue weighted by molar-refractivity contribution is 6.01. The number of likely N-dealkylation sites (tertiary alicyclic amines) is 1. The van der Waals surface area contributed by atoms with Gasteiger partial charge >= 0.3 is 5.97 Å². The van der Waals surface area contributed by atoms with Gasteiger partial charge in [0.1, 0.15) is 6.04 Å². The van der Waals surface area contributed by atoms with Crippen LogP contribution in [0.25, 0.3) is 0 Å². The van der Waals surface area contributed by atoms with E-state index >= 15 is 0 Å². The van der Waals surface area contributed by atoms with Crippen molar-refractivity contribution in [3.05, 3.63) is 36.4 Å². The Kier molecular flexibility index (Phi) is 11.8. The lowest BCUT2D eigenvalue weighted by Crippen LogP contribution is -2.44. The monoisotopic (exact) mass is 541 g/mol. The number of amides is 2. The quantitative estimate of drug-likeness (QED) is 0.191. The van der Waals surface area contributed by atoms with E-state index in [9.17, 15) is 14.4 Å². The van der Waals surface area contributed by atoms with E-state index in [1.165, 1.54) is 0 Å². The third-order valence-corrected chi connectivity index (χ3v) is 8.13. The van der Waals surface area contributed by atoms with Crippen molar-refractivity contribution in [3.63, 3.8) is 0 Å². The van der Waals surface area contributed by atoms with Crippen molar-refractivity contribution in [1.82, 2.24) is 4.90 Å². The average molecular weight is 542 g/mol. The highest BCUT2D eigenvalue weighted by Crippen LogP contribution is 2.46. The van der Waals surface area contributed by atoms with Gasteiger partial charge in [0.25, 0.3) is 0 Å². The van der Waals surface area contributed by atoms with Crippen LogP contribution in [0.4, 0.5) is 11.4 Å². The summed E-state index contributed by atoms with van der Waals surface area (Å²) in [7, 11) is 0. The maximum atomic E-state index is 13.9. The Bertz CT molecular complexity index is 975. The molecule has 1 aromatic carbocycles. The molecule has 5 atom stereocenters. The van der Waals surface area contributed by atoms with Crippen LogP contribution in [0.5, 0.6) is 0 Å². The maximum Gasteiger partial charge on any atom is 0.310 e. The molecule has 0 radical (unpaired) electrons. The molecule has 0 bridgehead atoms. The van der Waals surface area contributed by atoms with Crippen molar-refractivity contribution in [2.24, 2.45) is 23.7 Å². The maximum absolute atomic E-state index is 13.9. The third kappa shape index (κ3) is 7.21. The van der Waals surface area contributed by atoms with Gasteiger partial charge in [0.05, 0.1) is 18.4 Å². The molecule has 0 spiro atoms. The summed E-state index contributed by atoms with van der Waals surface area (Å²) in [6.45, 7) is 10.7. The highest BCUT2D eigenvalue weighted by atomic mass is 16.5. The van der Waals surface area contributed by atoms with Crippen LogP contribution in [0.15, 0.2) is 36.4 Å². The largest absolute Gasteiger partial charge is 0.466 e. The van der Waals surface area contributed by atoms with Crippen molar-refractivity contribution in [3.8, 4) is 0 Å². The summed E-state index contributed by atoms with van der Waals surface area (Å²) in [6.07, 6.45) is 8.88. The molecule has 2 amide bonds. The van der Waals surface area contributed by atoms with Gasteiger partial charge in [-0.15, -0.1) is 0 Å². The van der Waals surface area contributed by atoms with Crippen LogP contribution >= 0.6 is 0 Å². The van der Waals surface area contributed by atoms with Crippen molar-refractivity contribution in [1.29, 1.82) is 0 Å². The molecule has 0 unspecified atom stereocenters. The van der Waals surface area contributed by atoms with Gasteiger partial charge in [-0.3, -0.25) is 14.4 Å². The lowest BCUT2D eigenvalue weighted by Gasteiger charge is -2.33. The summed E-state index contributed by atoms with van der Waals surface area (Å²) in [5, 5.41) is 12.2. The lowest BCUT2D eigenvalue weighted by atomic mass is 9.69. The minimum absolute atomic E-state index is 0.0833. The number of nitrogens with zero attached hydrogens (tertiary/aromatic N) is 2. The molecule has 1 heterocycles. The first-order valence-corrected chi connectivity index (χ1v) is 14.8. The molecule has 0 aromatic heterocycles. The lowest BCUT2D eigenvalue weighted by molar-refractivity contribution is -0.155. The van der Waals surface area contributed by atoms with Gasteiger partial charge in [0.15, 0.2) is 0 Å². The average Bonchev–Trinajstić information content (AvgIpc) is 3.21. The zero-order chi connectivity index (χ0) is 28.4. The number of allylic oxidation sites excluding steroid dienone is 1. The molecule has 0 saturated carbocycles. The van der Waals surface area contributed by atoms with Gasteiger partial charge in [-0.05, 0) is 70.2 Å². The van der Waals surface area contributed by atoms with Crippen LogP contribution in [-0.4, -0.2) is 66.7 Å². The number of hydrogen-bond acceptors (Lipinski definition) is 6. The number of fused-ring (bicyclic) bond motifs is 1. The van der Waals surface area contributed by atoms with Gasteiger partial charge in [-0.2, -0.15) is 0 Å². The molecule has 216 valence electrons. The first kappa shape index (κ1) is 30.7. The summed E-state index contributed by atoms with van der Waals surface area (Å²) in [4.78, 5) is 44.8. The Morgan fingerprint density at radius 2 is 1.69 bits per heavy atom. The van der Waals surface area contributed by atoms with E-state index in [4.69, 9.17) is 9.84 Å². The highest BCUT2D eigenvalue weighted by Gasteiger charge is 2.57. The summed E-state index contributed by atoms with van der Waals surface area (Å²) in [5.41, 5.74) is 1.77. The standard InChI is InChI=1S/C31H47N3O5/c1-5-13-22-14-19-25-27(26(22)31(38)39-8-4)30(37)34(20-11-9-10-12-21-35)28(25)29(36)32-23-15-17-24(18-16-23)33(6-2)7-3/h14-19,22,25-28,35H,5-13,20-21H2,1-4H3,(H,32,36)/t22-,25+,26-,27-,28+/m1/s1. The van der Waals surface area contributed by atoms with Gasteiger partial charge in [-0.1, -0.05) is 38.3 Å².